The van der Waals surface area contributed by atoms with Crippen LogP contribution in [0.3, 0.4) is 0 Å². The van der Waals surface area contributed by atoms with Crippen LogP contribution in [0.5, 0.6) is 0 Å². The Labute approximate surface area is 73.9 Å². The Hall–Kier alpha value is -0.340. The molecule has 12 heavy (non-hydrogen) atoms. The molecule has 0 spiro atoms. The first-order valence-electron chi connectivity index (χ1n) is 4.82. The zero-order chi connectivity index (χ0) is 8.55. The standard InChI is InChI=1S/C10H17NO/c1-11-9-2-3-10(11)7-8(6-9)4-5-12/h4,9-10,12H,2-3,5-7H2,1H3/t9-,10+. The van der Waals surface area contributed by atoms with Crippen molar-refractivity contribution in [2.24, 2.45) is 0 Å². The molecule has 0 radical (unpaired) electrons. The van der Waals surface area contributed by atoms with Crippen LogP contribution in [0, 0.1) is 0 Å². The van der Waals surface area contributed by atoms with Gasteiger partial charge in [-0.05, 0) is 32.7 Å². The largest absolute Gasteiger partial charge is 0.392 e. The summed E-state index contributed by atoms with van der Waals surface area (Å²) in [6, 6.07) is 1.53. The molecule has 0 aromatic carbocycles. The van der Waals surface area contributed by atoms with E-state index in [1.807, 2.05) is 6.08 Å². The van der Waals surface area contributed by atoms with E-state index in [-0.39, 0.29) is 6.61 Å². The summed E-state index contributed by atoms with van der Waals surface area (Å²) in [5, 5.41) is 8.79. The first-order valence-corrected chi connectivity index (χ1v) is 4.82. The number of hydrogen-bond donors (Lipinski definition) is 1. The molecule has 2 bridgehead atoms. The van der Waals surface area contributed by atoms with Crippen molar-refractivity contribution in [1.82, 2.24) is 4.90 Å². The molecule has 2 atom stereocenters. The molecular weight excluding hydrogens is 150 g/mol. The lowest BCUT2D eigenvalue weighted by atomic mass is 9.97. The van der Waals surface area contributed by atoms with Crippen molar-refractivity contribution in [1.29, 1.82) is 0 Å². The first kappa shape index (κ1) is 8.27. The monoisotopic (exact) mass is 167 g/mol. The zero-order valence-corrected chi connectivity index (χ0v) is 7.66. The van der Waals surface area contributed by atoms with Gasteiger partial charge in [0.15, 0.2) is 0 Å². The summed E-state index contributed by atoms with van der Waals surface area (Å²) >= 11 is 0. The van der Waals surface area contributed by atoms with Crippen LogP contribution in [0.2, 0.25) is 0 Å². The molecule has 2 aliphatic rings. The van der Waals surface area contributed by atoms with E-state index < -0.39 is 0 Å². The summed E-state index contributed by atoms with van der Waals surface area (Å²) in [7, 11) is 2.23. The fraction of sp³-hybridized carbons (Fsp3) is 0.800. The third-order valence-electron chi connectivity index (χ3n) is 3.36. The highest BCUT2D eigenvalue weighted by Gasteiger charge is 2.35. The van der Waals surface area contributed by atoms with Crippen molar-refractivity contribution in [3.63, 3.8) is 0 Å². The Kier molecular flexibility index (Phi) is 2.20. The molecule has 0 aromatic heterocycles. The Morgan fingerprint density at radius 3 is 2.50 bits per heavy atom. The highest BCUT2D eigenvalue weighted by atomic mass is 16.2. The predicted molar refractivity (Wildman–Crippen MR) is 49.0 cm³/mol. The predicted octanol–water partition coefficient (Wildman–Crippen LogP) is 1.16. The third kappa shape index (κ3) is 1.29. The lowest BCUT2D eigenvalue weighted by Crippen LogP contribution is -2.37. The summed E-state index contributed by atoms with van der Waals surface area (Å²) < 4.78 is 0. The fourth-order valence-corrected chi connectivity index (χ4v) is 2.57. The SMILES string of the molecule is CN1[C@@H]2CC[C@H]1CC(=CCO)C2. The molecule has 2 heterocycles. The van der Waals surface area contributed by atoms with Crippen LogP contribution in [0.15, 0.2) is 11.6 Å². The summed E-state index contributed by atoms with van der Waals surface area (Å²) in [6.45, 7) is 0.221. The van der Waals surface area contributed by atoms with E-state index in [0.29, 0.717) is 0 Å². The van der Waals surface area contributed by atoms with Gasteiger partial charge in [0.25, 0.3) is 0 Å². The second kappa shape index (κ2) is 3.19. The van der Waals surface area contributed by atoms with Crippen LogP contribution in [-0.2, 0) is 0 Å². The van der Waals surface area contributed by atoms with Gasteiger partial charge in [0.05, 0.1) is 6.61 Å². The van der Waals surface area contributed by atoms with E-state index in [0.717, 1.165) is 12.1 Å². The van der Waals surface area contributed by atoms with Crippen molar-refractivity contribution in [2.45, 2.75) is 37.8 Å². The minimum Gasteiger partial charge on any atom is -0.392 e. The summed E-state index contributed by atoms with van der Waals surface area (Å²) in [5.41, 5.74) is 1.48. The molecule has 68 valence electrons. The zero-order valence-electron chi connectivity index (χ0n) is 7.66. The normalized spacial score (nSPS) is 39.3. The molecule has 2 nitrogen and oxygen atoms in total. The van der Waals surface area contributed by atoms with Crippen molar-refractivity contribution < 1.29 is 5.11 Å². The Bertz CT molecular complexity index is 184. The van der Waals surface area contributed by atoms with Crippen molar-refractivity contribution in [3.05, 3.63) is 11.6 Å². The minimum absolute atomic E-state index is 0.221. The molecule has 1 N–H and O–H groups in total. The van der Waals surface area contributed by atoms with Gasteiger partial charge >= 0.3 is 0 Å². The number of aliphatic hydroxyl groups is 1. The van der Waals surface area contributed by atoms with Crippen LogP contribution < -0.4 is 0 Å². The smallest absolute Gasteiger partial charge is 0.0615 e. The Balaban J connectivity index is 2.07. The van der Waals surface area contributed by atoms with Gasteiger partial charge in [0.1, 0.15) is 0 Å². The first-order chi connectivity index (χ1) is 5.81. The number of hydrogen-bond acceptors (Lipinski definition) is 2. The molecule has 0 aromatic rings. The van der Waals surface area contributed by atoms with E-state index in [1.54, 1.807) is 0 Å². The second-order valence-electron chi connectivity index (χ2n) is 4.00. The number of aliphatic hydroxyl groups excluding tert-OH is 1. The summed E-state index contributed by atoms with van der Waals surface area (Å²) in [6.07, 6.45) is 7.08. The molecule has 2 rings (SSSR count). The number of piperidine rings is 1. The van der Waals surface area contributed by atoms with E-state index >= 15 is 0 Å². The lowest BCUT2D eigenvalue weighted by Gasteiger charge is -2.32. The van der Waals surface area contributed by atoms with E-state index in [2.05, 4.69) is 11.9 Å². The van der Waals surface area contributed by atoms with E-state index in [9.17, 15) is 0 Å². The third-order valence-corrected chi connectivity index (χ3v) is 3.36. The Morgan fingerprint density at radius 2 is 2.00 bits per heavy atom. The highest BCUT2D eigenvalue weighted by Crippen LogP contribution is 2.36. The maximum absolute atomic E-state index is 8.79. The van der Waals surface area contributed by atoms with Gasteiger partial charge in [-0.3, -0.25) is 4.90 Å². The molecule has 0 unspecified atom stereocenters. The van der Waals surface area contributed by atoms with Gasteiger partial charge in [-0.25, -0.2) is 0 Å². The average Bonchev–Trinajstić information content (AvgIpc) is 2.33. The quantitative estimate of drug-likeness (QED) is 0.592. The van der Waals surface area contributed by atoms with Crippen LogP contribution >= 0.6 is 0 Å². The van der Waals surface area contributed by atoms with Gasteiger partial charge in [-0.15, -0.1) is 0 Å². The summed E-state index contributed by atoms with van der Waals surface area (Å²) in [4.78, 5) is 2.51. The molecule has 2 fully saturated rings. The van der Waals surface area contributed by atoms with Gasteiger partial charge in [0, 0.05) is 12.1 Å². The number of fused-ring (bicyclic) bond motifs is 2. The maximum Gasteiger partial charge on any atom is 0.0615 e. The number of nitrogens with zero attached hydrogens (tertiary/aromatic N) is 1. The van der Waals surface area contributed by atoms with Crippen LogP contribution in [-0.4, -0.2) is 35.7 Å². The van der Waals surface area contributed by atoms with Gasteiger partial charge in [-0.1, -0.05) is 11.6 Å². The minimum atomic E-state index is 0.221. The molecule has 0 saturated carbocycles. The number of rotatable bonds is 1. The van der Waals surface area contributed by atoms with Gasteiger partial charge in [-0.2, -0.15) is 0 Å². The molecular formula is C10H17NO. The van der Waals surface area contributed by atoms with Crippen LogP contribution in [0.1, 0.15) is 25.7 Å². The summed E-state index contributed by atoms with van der Waals surface area (Å²) in [5.74, 6) is 0. The second-order valence-corrected chi connectivity index (χ2v) is 4.00. The van der Waals surface area contributed by atoms with Gasteiger partial charge in [0.2, 0.25) is 0 Å². The van der Waals surface area contributed by atoms with E-state index in [4.69, 9.17) is 5.11 Å². The molecule has 0 amide bonds. The lowest BCUT2D eigenvalue weighted by molar-refractivity contribution is 0.208. The van der Waals surface area contributed by atoms with Crippen molar-refractivity contribution >= 4 is 0 Å². The molecule has 2 saturated heterocycles. The van der Waals surface area contributed by atoms with Crippen LogP contribution in [0.4, 0.5) is 0 Å². The molecule has 2 aliphatic heterocycles. The molecule has 0 aliphatic carbocycles. The van der Waals surface area contributed by atoms with Crippen LogP contribution in [0.25, 0.3) is 0 Å². The molecule has 2 heteroatoms. The van der Waals surface area contributed by atoms with Crippen molar-refractivity contribution in [2.75, 3.05) is 13.7 Å². The Morgan fingerprint density at radius 1 is 1.42 bits per heavy atom. The van der Waals surface area contributed by atoms with Crippen molar-refractivity contribution in [3.8, 4) is 0 Å². The fourth-order valence-electron chi connectivity index (χ4n) is 2.57. The highest BCUT2D eigenvalue weighted by molar-refractivity contribution is 5.13. The maximum atomic E-state index is 8.79. The van der Waals surface area contributed by atoms with E-state index in [1.165, 1.54) is 31.3 Å². The average molecular weight is 167 g/mol. The van der Waals surface area contributed by atoms with Gasteiger partial charge < -0.3 is 5.11 Å². The topological polar surface area (TPSA) is 23.5 Å².